The summed E-state index contributed by atoms with van der Waals surface area (Å²) < 4.78 is 4.68. The molecule has 1 amide bonds. The van der Waals surface area contributed by atoms with E-state index in [1.807, 2.05) is 0 Å². The van der Waals surface area contributed by atoms with Gasteiger partial charge in [0.05, 0.1) is 18.2 Å². The summed E-state index contributed by atoms with van der Waals surface area (Å²) in [6.07, 6.45) is 4.87. The summed E-state index contributed by atoms with van der Waals surface area (Å²) in [6, 6.07) is 6.80. The van der Waals surface area contributed by atoms with E-state index in [4.69, 9.17) is 0 Å². The van der Waals surface area contributed by atoms with Crippen LogP contribution in [0.15, 0.2) is 36.7 Å². The van der Waals surface area contributed by atoms with E-state index in [9.17, 15) is 9.59 Å². The lowest BCUT2D eigenvalue weighted by Gasteiger charge is -2.07. The van der Waals surface area contributed by atoms with Gasteiger partial charge < -0.3 is 15.4 Å². The zero-order valence-electron chi connectivity index (χ0n) is 13.7. The Morgan fingerprint density at radius 2 is 1.92 bits per heavy atom. The smallest absolute Gasteiger partial charge is 0.337 e. The molecule has 1 aromatic heterocycles. The van der Waals surface area contributed by atoms with E-state index in [0.717, 1.165) is 12.8 Å². The van der Waals surface area contributed by atoms with E-state index in [0.29, 0.717) is 29.3 Å². The second kappa shape index (κ2) is 8.61. The molecule has 0 unspecified atom stereocenters. The number of carbonyl (C=O) groups excluding carboxylic acids is 2. The molecule has 7 nitrogen and oxygen atoms in total. The van der Waals surface area contributed by atoms with Crippen molar-refractivity contribution in [3.63, 3.8) is 0 Å². The maximum absolute atomic E-state index is 11.9. The van der Waals surface area contributed by atoms with E-state index in [1.54, 1.807) is 24.3 Å². The van der Waals surface area contributed by atoms with Crippen LogP contribution in [0.25, 0.3) is 0 Å². The molecule has 0 aliphatic carbocycles. The van der Waals surface area contributed by atoms with Crippen LogP contribution in [0.5, 0.6) is 0 Å². The van der Waals surface area contributed by atoms with Crippen LogP contribution in [-0.4, -0.2) is 35.5 Å². The number of benzene rings is 1. The summed E-state index contributed by atoms with van der Waals surface area (Å²) in [6.45, 7) is 2.70. The first-order valence-corrected chi connectivity index (χ1v) is 7.69. The first-order valence-electron chi connectivity index (χ1n) is 7.69. The van der Waals surface area contributed by atoms with Crippen LogP contribution in [0, 0.1) is 0 Å². The van der Waals surface area contributed by atoms with Crippen molar-refractivity contribution in [2.75, 3.05) is 19.0 Å². The highest BCUT2D eigenvalue weighted by molar-refractivity contribution is 5.93. The van der Waals surface area contributed by atoms with Gasteiger partial charge in [-0.25, -0.2) is 14.8 Å². The number of unbranched alkanes of at least 4 members (excludes halogenated alkanes) is 1. The fourth-order valence-corrected chi connectivity index (χ4v) is 1.96. The van der Waals surface area contributed by atoms with Crippen LogP contribution in [0.2, 0.25) is 0 Å². The fraction of sp³-hybridized carbons (Fsp3) is 0.294. The van der Waals surface area contributed by atoms with Crippen LogP contribution in [-0.2, 0) is 4.74 Å². The lowest BCUT2D eigenvalue weighted by molar-refractivity contribution is 0.0600. The van der Waals surface area contributed by atoms with Gasteiger partial charge >= 0.3 is 5.97 Å². The van der Waals surface area contributed by atoms with Crippen molar-refractivity contribution in [1.82, 2.24) is 15.3 Å². The average molecular weight is 328 g/mol. The summed E-state index contributed by atoms with van der Waals surface area (Å²) in [4.78, 5) is 31.6. The number of ether oxygens (including phenoxy) is 1. The summed E-state index contributed by atoms with van der Waals surface area (Å²) in [5, 5.41) is 5.78. The van der Waals surface area contributed by atoms with Crippen molar-refractivity contribution in [1.29, 1.82) is 0 Å². The number of hydrogen-bond acceptors (Lipinski definition) is 6. The van der Waals surface area contributed by atoms with E-state index in [-0.39, 0.29) is 5.91 Å². The number of aromatic nitrogens is 2. The van der Waals surface area contributed by atoms with Gasteiger partial charge in [0.1, 0.15) is 0 Å². The van der Waals surface area contributed by atoms with Crippen molar-refractivity contribution in [2.45, 2.75) is 19.8 Å². The molecule has 0 saturated carbocycles. The van der Waals surface area contributed by atoms with Crippen molar-refractivity contribution in [2.24, 2.45) is 0 Å². The van der Waals surface area contributed by atoms with Crippen molar-refractivity contribution in [3.05, 3.63) is 47.8 Å². The molecule has 7 heteroatoms. The Morgan fingerprint density at radius 1 is 1.17 bits per heavy atom. The predicted molar refractivity (Wildman–Crippen MR) is 90.3 cm³/mol. The highest BCUT2D eigenvalue weighted by Crippen LogP contribution is 2.15. The average Bonchev–Trinajstić information content (AvgIpc) is 2.62. The fourth-order valence-electron chi connectivity index (χ4n) is 1.96. The standard InChI is InChI=1S/C17H20N4O3/c1-3-4-8-18-15(22)13-10-19-17(20-11-13)21-14-7-5-6-12(9-14)16(23)24-2/h5-7,9-11H,3-4,8H2,1-2H3,(H,18,22)(H,19,20,21). The number of nitrogens with zero attached hydrogens (tertiary/aromatic N) is 2. The van der Waals surface area contributed by atoms with Crippen LogP contribution in [0.1, 0.15) is 40.5 Å². The van der Waals surface area contributed by atoms with Gasteiger partial charge in [0.25, 0.3) is 5.91 Å². The molecule has 0 bridgehead atoms. The number of rotatable bonds is 7. The molecule has 1 aromatic carbocycles. The monoisotopic (exact) mass is 328 g/mol. The second-order valence-corrected chi connectivity index (χ2v) is 5.10. The first-order chi connectivity index (χ1) is 11.6. The molecule has 24 heavy (non-hydrogen) atoms. The van der Waals surface area contributed by atoms with Gasteiger partial charge in [0.15, 0.2) is 0 Å². The zero-order valence-corrected chi connectivity index (χ0v) is 13.7. The number of carbonyl (C=O) groups is 2. The van der Waals surface area contributed by atoms with E-state index in [2.05, 4.69) is 32.3 Å². The molecule has 2 aromatic rings. The Kier molecular flexibility index (Phi) is 6.24. The zero-order chi connectivity index (χ0) is 17.4. The lowest BCUT2D eigenvalue weighted by Crippen LogP contribution is -2.24. The predicted octanol–water partition coefficient (Wildman–Crippen LogP) is 2.54. The Balaban J connectivity index is 2.01. The van der Waals surface area contributed by atoms with Crippen LogP contribution in [0.3, 0.4) is 0 Å². The van der Waals surface area contributed by atoms with Crippen LogP contribution >= 0.6 is 0 Å². The maximum atomic E-state index is 11.9. The third-order valence-electron chi connectivity index (χ3n) is 3.27. The summed E-state index contributed by atoms with van der Waals surface area (Å²) in [5.74, 6) is -0.275. The van der Waals surface area contributed by atoms with Gasteiger partial charge in [0, 0.05) is 24.6 Å². The lowest BCUT2D eigenvalue weighted by atomic mass is 10.2. The van der Waals surface area contributed by atoms with E-state index in [1.165, 1.54) is 19.5 Å². The molecular formula is C17H20N4O3. The molecule has 0 spiro atoms. The second-order valence-electron chi connectivity index (χ2n) is 5.10. The summed E-state index contributed by atoms with van der Waals surface area (Å²) in [5.41, 5.74) is 1.48. The van der Waals surface area contributed by atoms with Crippen LogP contribution in [0.4, 0.5) is 11.6 Å². The molecule has 0 saturated heterocycles. The summed E-state index contributed by atoms with van der Waals surface area (Å²) >= 11 is 0. The molecule has 1 heterocycles. The number of hydrogen-bond donors (Lipinski definition) is 2. The number of methoxy groups -OCH3 is 1. The summed E-state index contributed by atoms with van der Waals surface area (Å²) in [7, 11) is 1.33. The Bertz CT molecular complexity index is 701. The Morgan fingerprint density at radius 3 is 2.58 bits per heavy atom. The first kappa shape index (κ1) is 17.4. The SMILES string of the molecule is CCCCNC(=O)c1cnc(Nc2cccc(C(=O)OC)c2)nc1. The number of amides is 1. The Hall–Kier alpha value is -2.96. The molecular weight excluding hydrogens is 308 g/mol. The van der Waals surface area contributed by atoms with Gasteiger partial charge in [0.2, 0.25) is 5.95 Å². The van der Waals surface area contributed by atoms with Gasteiger partial charge in [-0.1, -0.05) is 19.4 Å². The number of nitrogens with one attached hydrogen (secondary N) is 2. The quantitative estimate of drug-likeness (QED) is 0.599. The minimum atomic E-state index is -0.418. The molecule has 0 aliphatic heterocycles. The van der Waals surface area contributed by atoms with Crippen molar-refractivity contribution in [3.8, 4) is 0 Å². The topological polar surface area (TPSA) is 93.2 Å². The highest BCUT2D eigenvalue weighted by atomic mass is 16.5. The number of anilines is 2. The van der Waals surface area contributed by atoms with Crippen LogP contribution < -0.4 is 10.6 Å². The van der Waals surface area contributed by atoms with Gasteiger partial charge in [-0.3, -0.25) is 4.79 Å². The molecule has 0 aliphatic rings. The normalized spacial score (nSPS) is 10.1. The highest BCUT2D eigenvalue weighted by Gasteiger charge is 2.08. The Labute approximate surface area is 140 Å². The van der Waals surface area contributed by atoms with E-state index >= 15 is 0 Å². The largest absolute Gasteiger partial charge is 0.465 e. The molecule has 0 radical (unpaired) electrons. The maximum Gasteiger partial charge on any atom is 0.337 e. The van der Waals surface area contributed by atoms with Crippen molar-refractivity contribution >= 4 is 23.5 Å². The van der Waals surface area contributed by atoms with Crippen molar-refractivity contribution < 1.29 is 14.3 Å². The van der Waals surface area contributed by atoms with Gasteiger partial charge in [-0.05, 0) is 24.6 Å². The molecule has 2 rings (SSSR count). The van der Waals surface area contributed by atoms with E-state index < -0.39 is 5.97 Å². The molecule has 0 fully saturated rings. The minimum absolute atomic E-state index is 0.192. The van der Waals surface area contributed by atoms with Gasteiger partial charge in [-0.2, -0.15) is 0 Å². The third-order valence-corrected chi connectivity index (χ3v) is 3.27. The number of esters is 1. The minimum Gasteiger partial charge on any atom is -0.465 e. The third kappa shape index (κ3) is 4.77. The molecule has 2 N–H and O–H groups in total. The molecule has 126 valence electrons. The van der Waals surface area contributed by atoms with Gasteiger partial charge in [-0.15, -0.1) is 0 Å². The molecule has 0 atom stereocenters.